The molecule has 0 amide bonds. The van der Waals surface area contributed by atoms with Crippen LogP contribution < -0.4 is 0 Å². The van der Waals surface area contributed by atoms with Crippen LogP contribution in [0, 0.1) is 13.8 Å². The molecule has 1 aliphatic carbocycles. The number of pyridine rings is 6. The maximum absolute atomic E-state index is 4.97. The van der Waals surface area contributed by atoms with Gasteiger partial charge in [0.05, 0.1) is 45.6 Å². The van der Waals surface area contributed by atoms with E-state index in [9.17, 15) is 0 Å². The van der Waals surface area contributed by atoms with Crippen molar-refractivity contribution in [3.05, 3.63) is 203 Å². The zero-order chi connectivity index (χ0) is 43.7. The van der Waals surface area contributed by atoms with Gasteiger partial charge in [0.1, 0.15) is 0 Å². The molecule has 1 aliphatic rings. The highest BCUT2D eigenvalue weighted by Crippen LogP contribution is 2.47. The lowest BCUT2D eigenvalue weighted by molar-refractivity contribution is 0.941. The fourth-order valence-electron chi connectivity index (χ4n) is 8.82. The fraction of sp³-hybridized carbons (Fsp3) is 0.0877. The van der Waals surface area contributed by atoms with Crippen LogP contribution >= 0.6 is 22.7 Å². The summed E-state index contributed by atoms with van der Waals surface area (Å²) in [4.78, 5) is 33.7. The Morgan fingerprint density at radius 3 is 0.969 bits per heavy atom. The molecule has 0 N–H and O–H groups in total. The highest BCUT2D eigenvalue weighted by Gasteiger charge is 2.24. The first-order valence-electron chi connectivity index (χ1n) is 21.9. The van der Waals surface area contributed by atoms with Gasteiger partial charge >= 0.3 is 0 Å². The second kappa shape index (κ2) is 17.6. The SMILES string of the molecule is Cc1sc(-c2ccc(-c3cc(-c4ccccn4)nc(-c4ccccn4)c3)cc2)cc1C1=C(c2cc(-c3ccc(-c4cc(-c5ccccn5)nc(-c5ccccn5)c4)cc3)sc2C)CCC1. The van der Waals surface area contributed by atoms with Gasteiger partial charge in [0, 0.05) is 44.3 Å². The van der Waals surface area contributed by atoms with E-state index in [0.29, 0.717) is 0 Å². The molecule has 8 aromatic heterocycles. The van der Waals surface area contributed by atoms with Gasteiger partial charge in [-0.2, -0.15) is 0 Å². The Labute approximate surface area is 386 Å². The molecule has 0 atom stereocenters. The molecule has 65 heavy (non-hydrogen) atoms. The van der Waals surface area contributed by atoms with Crippen LogP contribution in [0.15, 0.2) is 183 Å². The molecular weight excluding hydrogens is 833 g/mol. The van der Waals surface area contributed by atoms with E-state index in [-0.39, 0.29) is 0 Å². The average Bonchev–Trinajstić information content (AvgIpc) is 4.13. The monoisotopic (exact) mass is 874 g/mol. The van der Waals surface area contributed by atoms with Crippen LogP contribution in [0.5, 0.6) is 0 Å². The number of benzene rings is 2. The van der Waals surface area contributed by atoms with Crippen LogP contribution in [0.25, 0.3) is 99.8 Å². The van der Waals surface area contributed by atoms with Gasteiger partial charge in [0.25, 0.3) is 0 Å². The Bertz CT molecular complexity index is 2980. The molecule has 0 radical (unpaired) electrons. The minimum absolute atomic E-state index is 0.825. The first-order valence-corrected chi connectivity index (χ1v) is 23.5. The topological polar surface area (TPSA) is 77.3 Å². The van der Waals surface area contributed by atoms with Crippen molar-refractivity contribution in [2.75, 3.05) is 0 Å². The first-order chi connectivity index (χ1) is 32.0. The molecule has 10 aromatic rings. The van der Waals surface area contributed by atoms with Crippen molar-refractivity contribution in [3.8, 4) is 88.7 Å². The van der Waals surface area contributed by atoms with Crippen LogP contribution in [0.2, 0.25) is 0 Å². The lowest BCUT2D eigenvalue weighted by atomic mass is 9.96. The zero-order valence-corrected chi connectivity index (χ0v) is 37.6. The molecule has 11 rings (SSSR count). The van der Waals surface area contributed by atoms with E-state index in [1.807, 2.05) is 120 Å². The number of aromatic nitrogens is 6. The van der Waals surface area contributed by atoms with Crippen molar-refractivity contribution >= 4 is 33.8 Å². The number of hydrogen-bond acceptors (Lipinski definition) is 8. The third-order valence-electron chi connectivity index (χ3n) is 12.1. The van der Waals surface area contributed by atoms with Crippen LogP contribution in [0.3, 0.4) is 0 Å². The molecule has 312 valence electrons. The van der Waals surface area contributed by atoms with E-state index >= 15 is 0 Å². The number of thiophene rings is 2. The van der Waals surface area contributed by atoms with E-state index in [2.05, 4.69) is 119 Å². The molecule has 6 nitrogen and oxygen atoms in total. The number of nitrogens with zero attached hydrogens (tertiary/aromatic N) is 6. The van der Waals surface area contributed by atoms with Gasteiger partial charge in [-0.05, 0) is 174 Å². The largest absolute Gasteiger partial charge is 0.255 e. The molecule has 0 aliphatic heterocycles. The highest BCUT2D eigenvalue weighted by molar-refractivity contribution is 7.16. The van der Waals surface area contributed by atoms with Gasteiger partial charge in [-0.1, -0.05) is 72.8 Å². The summed E-state index contributed by atoms with van der Waals surface area (Å²) in [6.07, 6.45) is 10.6. The summed E-state index contributed by atoms with van der Waals surface area (Å²) < 4.78 is 0. The molecule has 8 heterocycles. The number of rotatable bonds is 10. The van der Waals surface area contributed by atoms with Crippen molar-refractivity contribution in [2.24, 2.45) is 0 Å². The maximum Gasteiger partial charge on any atom is 0.0900 e. The fourth-order valence-corrected chi connectivity index (χ4v) is 10.9. The summed E-state index contributed by atoms with van der Waals surface area (Å²) >= 11 is 3.78. The first kappa shape index (κ1) is 40.3. The third-order valence-corrected chi connectivity index (χ3v) is 14.3. The van der Waals surface area contributed by atoms with E-state index in [4.69, 9.17) is 9.97 Å². The Balaban J connectivity index is 0.868. The predicted molar refractivity (Wildman–Crippen MR) is 269 cm³/mol. The second-order valence-electron chi connectivity index (χ2n) is 16.2. The second-order valence-corrected chi connectivity index (χ2v) is 18.8. The molecular formula is C57H42N6S2. The van der Waals surface area contributed by atoms with Crippen molar-refractivity contribution < 1.29 is 0 Å². The van der Waals surface area contributed by atoms with Crippen LogP contribution in [0.1, 0.15) is 40.1 Å². The van der Waals surface area contributed by atoms with Gasteiger partial charge < -0.3 is 0 Å². The molecule has 0 saturated carbocycles. The van der Waals surface area contributed by atoms with Crippen molar-refractivity contribution in [3.63, 3.8) is 0 Å². The van der Waals surface area contributed by atoms with E-state index in [1.54, 1.807) is 0 Å². The van der Waals surface area contributed by atoms with Crippen LogP contribution in [-0.2, 0) is 0 Å². The lowest BCUT2D eigenvalue weighted by Gasteiger charge is -2.10. The minimum Gasteiger partial charge on any atom is -0.255 e. The number of hydrogen-bond donors (Lipinski definition) is 0. The smallest absolute Gasteiger partial charge is 0.0900 e. The molecule has 2 aromatic carbocycles. The minimum atomic E-state index is 0.825. The van der Waals surface area contributed by atoms with Crippen LogP contribution in [-0.4, -0.2) is 29.9 Å². The van der Waals surface area contributed by atoms with Gasteiger partial charge in [0.15, 0.2) is 0 Å². The molecule has 0 fully saturated rings. The summed E-state index contributed by atoms with van der Waals surface area (Å²) in [5, 5.41) is 0. The Morgan fingerprint density at radius 2 is 0.662 bits per heavy atom. The summed E-state index contributed by atoms with van der Waals surface area (Å²) in [6, 6.07) is 55.0. The van der Waals surface area contributed by atoms with Crippen molar-refractivity contribution in [2.45, 2.75) is 33.1 Å². The molecule has 0 unspecified atom stereocenters. The summed E-state index contributed by atoms with van der Waals surface area (Å²) in [7, 11) is 0. The maximum atomic E-state index is 4.97. The zero-order valence-electron chi connectivity index (χ0n) is 35.9. The van der Waals surface area contributed by atoms with Crippen LogP contribution in [0.4, 0.5) is 0 Å². The number of aryl methyl sites for hydroxylation is 2. The van der Waals surface area contributed by atoms with Crippen molar-refractivity contribution in [1.29, 1.82) is 0 Å². The quantitative estimate of drug-likeness (QED) is 0.136. The van der Waals surface area contributed by atoms with E-state index in [0.717, 1.165) is 80.6 Å². The van der Waals surface area contributed by atoms with Gasteiger partial charge in [0.2, 0.25) is 0 Å². The summed E-state index contributed by atoms with van der Waals surface area (Å²) in [5.41, 5.74) is 19.3. The standard InChI is InChI=1S/C57H42N6S2/c1-36-46(34-56(64-36)40-22-18-38(19-23-40)42-30-52(48-14-3-7-26-58-48)62-53(31-42)49-15-4-8-27-59-49)44-12-11-13-45(44)47-35-57(65-37(47)2)41-24-20-39(21-25-41)43-32-54(50-16-5-9-28-60-50)63-55(33-43)51-17-6-10-29-61-51/h3-10,14-35H,11-13H2,1-2H3. The van der Waals surface area contributed by atoms with E-state index in [1.165, 1.54) is 59.3 Å². The molecule has 0 bridgehead atoms. The Kier molecular flexibility index (Phi) is 10.9. The molecule has 0 saturated heterocycles. The van der Waals surface area contributed by atoms with Gasteiger partial charge in [-0.25, -0.2) is 9.97 Å². The third kappa shape index (κ3) is 8.26. The highest BCUT2D eigenvalue weighted by atomic mass is 32.1. The predicted octanol–water partition coefficient (Wildman–Crippen LogP) is 15.2. The van der Waals surface area contributed by atoms with Gasteiger partial charge in [-0.15, -0.1) is 22.7 Å². The van der Waals surface area contributed by atoms with Crippen molar-refractivity contribution in [1.82, 2.24) is 29.9 Å². The normalized spacial score (nSPS) is 12.5. The lowest BCUT2D eigenvalue weighted by Crippen LogP contribution is -1.93. The number of allylic oxidation sites excluding steroid dienone is 2. The summed E-state index contributed by atoms with van der Waals surface area (Å²) in [5.74, 6) is 0. The molecule has 8 heteroatoms. The molecule has 0 spiro atoms. The summed E-state index contributed by atoms with van der Waals surface area (Å²) in [6.45, 7) is 4.57. The Hall–Kier alpha value is -7.52. The van der Waals surface area contributed by atoms with Gasteiger partial charge in [-0.3, -0.25) is 19.9 Å². The average molecular weight is 875 g/mol. The van der Waals surface area contributed by atoms with E-state index < -0.39 is 0 Å². The Morgan fingerprint density at radius 1 is 0.338 bits per heavy atom.